The highest BCUT2D eigenvalue weighted by molar-refractivity contribution is 7.90. The van der Waals surface area contributed by atoms with Gasteiger partial charge in [-0.15, -0.1) is 0 Å². The second kappa shape index (κ2) is 9.67. The molecule has 2 aromatic rings. The third-order valence-corrected chi connectivity index (χ3v) is 6.14. The van der Waals surface area contributed by atoms with Crippen LogP contribution in [0.15, 0.2) is 64.5 Å². The Balaban J connectivity index is 1.62. The predicted octanol–water partition coefficient (Wildman–Crippen LogP) is 1.20. The molecular formula is C21H27N4O3S+. The van der Waals surface area contributed by atoms with E-state index in [9.17, 15) is 13.2 Å². The number of nitrogens with one attached hydrogen (secondary N) is 3. The molecular weight excluding hydrogens is 388 g/mol. The fourth-order valence-electron chi connectivity index (χ4n) is 3.21. The van der Waals surface area contributed by atoms with Gasteiger partial charge in [0, 0.05) is 24.2 Å². The second-order valence-corrected chi connectivity index (χ2v) is 8.74. The van der Waals surface area contributed by atoms with E-state index in [-0.39, 0.29) is 10.8 Å². The average molecular weight is 416 g/mol. The van der Waals surface area contributed by atoms with E-state index >= 15 is 0 Å². The minimum atomic E-state index is -3.71. The smallest absolute Gasteiger partial charge is 0.279 e. The van der Waals surface area contributed by atoms with Crippen molar-refractivity contribution in [3.8, 4) is 0 Å². The summed E-state index contributed by atoms with van der Waals surface area (Å²) < 4.78 is 27.6. The number of amidine groups is 1. The van der Waals surface area contributed by atoms with Crippen molar-refractivity contribution in [2.24, 2.45) is 4.99 Å². The highest BCUT2D eigenvalue weighted by Gasteiger charge is 2.19. The Hall–Kier alpha value is -2.71. The minimum Gasteiger partial charge on any atom is -0.324 e. The molecule has 1 atom stereocenters. The molecule has 154 valence electrons. The van der Waals surface area contributed by atoms with Crippen LogP contribution in [0.2, 0.25) is 0 Å². The molecule has 1 amide bonds. The molecule has 0 aliphatic carbocycles. The van der Waals surface area contributed by atoms with Crippen LogP contribution in [0, 0.1) is 0 Å². The lowest BCUT2D eigenvalue weighted by molar-refractivity contribution is -0.903. The second-order valence-electron chi connectivity index (χ2n) is 7.06. The molecule has 1 aliphatic heterocycles. The van der Waals surface area contributed by atoms with Crippen LogP contribution in [-0.2, 0) is 21.4 Å². The zero-order valence-electron chi connectivity index (χ0n) is 16.5. The maximum atomic E-state index is 12.5. The van der Waals surface area contributed by atoms with Gasteiger partial charge in [0.1, 0.15) is 12.4 Å². The van der Waals surface area contributed by atoms with E-state index in [4.69, 9.17) is 0 Å². The minimum absolute atomic E-state index is 0.105. The Morgan fingerprint density at radius 1 is 1.14 bits per heavy atom. The van der Waals surface area contributed by atoms with Gasteiger partial charge in [0.05, 0.1) is 11.4 Å². The summed E-state index contributed by atoms with van der Waals surface area (Å²) >= 11 is 0. The van der Waals surface area contributed by atoms with Crippen molar-refractivity contribution in [1.29, 1.82) is 0 Å². The van der Waals surface area contributed by atoms with Crippen LogP contribution in [0.5, 0.6) is 0 Å². The van der Waals surface area contributed by atoms with Crippen molar-refractivity contribution in [3.63, 3.8) is 0 Å². The number of likely N-dealkylation sites (N-methyl/N-ethyl adjacent to an activating group) is 1. The average Bonchev–Trinajstić information content (AvgIpc) is 3.20. The van der Waals surface area contributed by atoms with Gasteiger partial charge in [-0.1, -0.05) is 36.4 Å². The Bertz CT molecular complexity index is 974. The fourth-order valence-corrected chi connectivity index (χ4v) is 4.34. The molecule has 1 unspecified atom stereocenters. The molecule has 0 spiro atoms. The summed E-state index contributed by atoms with van der Waals surface area (Å²) in [6, 6.07) is 16.3. The van der Waals surface area contributed by atoms with Gasteiger partial charge in [-0.25, -0.2) is 8.42 Å². The predicted molar refractivity (Wildman–Crippen MR) is 113 cm³/mol. The lowest BCUT2D eigenvalue weighted by atomic mass is 10.2. The molecule has 1 aliphatic rings. The van der Waals surface area contributed by atoms with Gasteiger partial charge in [0.25, 0.3) is 15.9 Å². The molecule has 29 heavy (non-hydrogen) atoms. The number of nitrogens with zero attached hydrogens (tertiary/aromatic N) is 1. The summed E-state index contributed by atoms with van der Waals surface area (Å²) in [4.78, 5) is 17.9. The number of benzene rings is 2. The van der Waals surface area contributed by atoms with Crippen molar-refractivity contribution in [2.45, 2.75) is 31.2 Å². The first kappa shape index (κ1) is 21.0. The molecule has 0 aromatic heterocycles. The summed E-state index contributed by atoms with van der Waals surface area (Å²) in [6.45, 7) is 4.55. The monoisotopic (exact) mass is 415 g/mol. The van der Waals surface area contributed by atoms with Gasteiger partial charge in [-0.05, 0) is 31.5 Å². The molecule has 3 rings (SSSR count). The molecule has 0 saturated heterocycles. The first-order valence-electron chi connectivity index (χ1n) is 9.80. The molecule has 0 fully saturated rings. The third-order valence-electron chi connectivity index (χ3n) is 4.76. The van der Waals surface area contributed by atoms with E-state index in [1.54, 1.807) is 12.1 Å². The first-order valence-corrected chi connectivity index (χ1v) is 11.3. The number of hydrogen-bond acceptors (Lipinski definition) is 4. The lowest BCUT2D eigenvalue weighted by Crippen LogP contribution is -3.11. The molecule has 3 N–H and O–H groups in total. The van der Waals surface area contributed by atoms with Crippen LogP contribution in [0.4, 0.5) is 5.69 Å². The summed E-state index contributed by atoms with van der Waals surface area (Å²) in [6.07, 6.45) is 1.49. The standard InChI is InChI=1S/C21H26N4O3S/c1-2-25(15-17-8-4-3-5-9-17)16-21(26)23-18-10-6-11-19(14-18)29(27,28)24-20-12-7-13-22-20/h3-6,8-11,14H,2,7,12-13,15-16H2,1H3,(H,22,24)(H,23,26)/p+1. The van der Waals surface area contributed by atoms with E-state index in [1.807, 2.05) is 37.3 Å². The van der Waals surface area contributed by atoms with Crippen LogP contribution in [0.25, 0.3) is 0 Å². The Morgan fingerprint density at radius 2 is 1.93 bits per heavy atom. The Labute approximate surface area is 171 Å². The molecule has 7 nitrogen and oxygen atoms in total. The van der Waals surface area contributed by atoms with Crippen LogP contribution in [-0.4, -0.2) is 39.8 Å². The van der Waals surface area contributed by atoms with Gasteiger partial charge in [0.15, 0.2) is 6.54 Å². The Morgan fingerprint density at radius 3 is 2.62 bits per heavy atom. The van der Waals surface area contributed by atoms with Crippen molar-refractivity contribution in [3.05, 3.63) is 60.2 Å². The maximum absolute atomic E-state index is 12.5. The molecule has 0 bridgehead atoms. The summed E-state index contributed by atoms with van der Waals surface area (Å²) in [5, 5.41) is 2.82. The highest BCUT2D eigenvalue weighted by atomic mass is 32.2. The third kappa shape index (κ3) is 6.13. The SMILES string of the molecule is CC[NH+](CC(=O)Nc1cccc(S(=O)(=O)NC2=NCCC2)c1)Cc1ccccc1. The summed E-state index contributed by atoms with van der Waals surface area (Å²) in [5.74, 6) is 0.336. The van der Waals surface area contributed by atoms with E-state index in [0.29, 0.717) is 31.0 Å². The zero-order chi connectivity index (χ0) is 20.7. The fraction of sp³-hybridized carbons (Fsp3) is 0.333. The number of quaternary nitrogens is 1. The summed E-state index contributed by atoms with van der Waals surface area (Å²) in [7, 11) is -3.71. The van der Waals surface area contributed by atoms with Crippen molar-refractivity contribution in [1.82, 2.24) is 4.72 Å². The summed E-state index contributed by atoms with van der Waals surface area (Å²) in [5.41, 5.74) is 1.63. The van der Waals surface area contributed by atoms with E-state index in [1.165, 1.54) is 17.7 Å². The van der Waals surface area contributed by atoms with E-state index in [0.717, 1.165) is 24.4 Å². The topological polar surface area (TPSA) is 92.1 Å². The lowest BCUT2D eigenvalue weighted by Gasteiger charge is -2.17. The van der Waals surface area contributed by atoms with E-state index in [2.05, 4.69) is 15.0 Å². The zero-order valence-corrected chi connectivity index (χ0v) is 17.3. The van der Waals surface area contributed by atoms with Crippen molar-refractivity contribution < 1.29 is 18.1 Å². The number of aliphatic imine (C=N–C) groups is 1. The largest absolute Gasteiger partial charge is 0.324 e. The normalized spacial score (nSPS) is 14.9. The van der Waals surface area contributed by atoms with Gasteiger partial charge in [-0.3, -0.25) is 14.5 Å². The van der Waals surface area contributed by atoms with Crippen LogP contribution >= 0.6 is 0 Å². The number of hydrogen-bond donors (Lipinski definition) is 3. The number of anilines is 1. The van der Waals surface area contributed by atoms with Crippen molar-refractivity contribution in [2.75, 3.05) is 25.0 Å². The first-order chi connectivity index (χ1) is 14.0. The Kier molecular flexibility index (Phi) is 7.00. The van der Waals surface area contributed by atoms with Crippen LogP contribution < -0.4 is 14.9 Å². The highest BCUT2D eigenvalue weighted by Crippen LogP contribution is 2.16. The molecule has 0 saturated carbocycles. The van der Waals surface area contributed by atoms with Crippen molar-refractivity contribution >= 4 is 27.5 Å². The number of rotatable bonds is 8. The molecule has 2 aromatic carbocycles. The van der Waals surface area contributed by atoms with Gasteiger partial charge in [-0.2, -0.15) is 0 Å². The number of amides is 1. The van der Waals surface area contributed by atoms with Gasteiger partial charge in [0.2, 0.25) is 0 Å². The van der Waals surface area contributed by atoms with Crippen LogP contribution in [0.1, 0.15) is 25.3 Å². The number of carbonyl (C=O) groups excluding carboxylic acids is 1. The molecule has 1 heterocycles. The van der Waals surface area contributed by atoms with Gasteiger partial charge < -0.3 is 10.2 Å². The molecule has 8 heteroatoms. The molecule has 0 radical (unpaired) electrons. The number of carbonyl (C=O) groups is 1. The van der Waals surface area contributed by atoms with Crippen LogP contribution in [0.3, 0.4) is 0 Å². The quantitative estimate of drug-likeness (QED) is 0.605. The number of sulfonamides is 1. The van der Waals surface area contributed by atoms with Gasteiger partial charge >= 0.3 is 0 Å². The van der Waals surface area contributed by atoms with E-state index < -0.39 is 10.0 Å². The maximum Gasteiger partial charge on any atom is 0.279 e.